The second-order valence-electron chi connectivity index (χ2n) is 13.3. The minimum Gasteiger partial charge on any atom is -0.490 e. The van der Waals surface area contributed by atoms with E-state index < -0.39 is 10.1 Å². The summed E-state index contributed by atoms with van der Waals surface area (Å²) in [6.45, 7) is 2.14. The fourth-order valence-corrected chi connectivity index (χ4v) is 9.29. The lowest BCUT2D eigenvalue weighted by molar-refractivity contribution is -0.0693. The van der Waals surface area contributed by atoms with Gasteiger partial charge in [0.15, 0.2) is 0 Å². The Kier molecular flexibility index (Phi) is 9.22. The van der Waals surface area contributed by atoms with Gasteiger partial charge in [0.1, 0.15) is 5.75 Å². The Bertz CT molecular complexity index is 1480. The van der Waals surface area contributed by atoms with Crippen molar-refractivity contribution < 1.29 is 31.6 Å². The predicted octanol–water partition coefficient (Wildman–Crippen LogP) is 6.18. The van der Waals surface area contributed by atoms with E-state index in [1.807, 2.05) is 18.2 Å². The predicted molar refractivity (Wildman–Crippen MR) is 170 cm³/mol. The highest BCUT2D eigenvalue weighted by molar-refractivity contribution is 7.86. The van der Waals surface area contributed by atoms with Gasteiger partial charge in [-0.1, -0.05) is 24.1 Å². The summed E-state index contributed by atoms with van der Waals surface area (Å²) in [5.74, 6) is 1.40. The van der Waals surface area contributed by atoms with Crippen LogP contribution in [0.3, 0.4) is 0 Å². The van der Waals surface area contributed by atoms with E-state index in [9.17, 15) is 13.2 Å². The minimum atomic E-state index is -3.50. The lowest BCUT2D eigenvalue weighted by Gasteiger charge is -2.48. The third-order valence-electron chi connectivity index (χ3n) is 10.5. The van der Waals surface area contributed by atoms with Gasteiger partial charge >= 0.3 is 5.97 Å². The van der Waals surface area contributed by atoms with Crippen LogP contribution in [0.25, 0.3) is 0 Å². The van der Waals surface area contributed by atoms with E-state index in [0.717, 1.165) is 87.2 Å². The van der Waals surface area contributed by atoms with Crippen molar-refractivity contribution in [1.29, 1.82) is 0 Å². The maximum absolute atomic E-state index is 12.6. The van der Waals surface area contributed by atoms with Crippen molar-refractivity contribution in [3.8, 4) is 5.75 Å². The molecule has 1 heterocycles. The monoisotopic (exact) mass is 645 g/mol. The van der Waals surface area contributed by atoms with E-state index in [4.69, 9.17) is 30.0 Å². The van der Waals surface area contributed by atoms with E-state index in [1.165, 1.54) is 18.2 Å². The summed E-state index contributed by atoms with van der Waals surface area (Å²) < 4.78 is 47.0. The van der Waals surface area contributed by atoms with Gasteiger partial charge in [0.05, 0.1) is 43.4 Å². The number of ether oxygens (including phenoxy) is 3. The molecule has 6 atom stereocenters. The molecule has 0 radical (unpaired) electrons. The first-order valence-corrected chi connectivity index (χ1v) is 18.1. The smallest absolute Gasteiger partial charge is 0.337 e. The van der Waals surface area contributed by atoms with Gasteiger partial charge in [0.25, 0.3) is 10.1 Å². The van der Waals surface area contributed by atoms with Crippen molar-refractivity contribution in [2.24, 2.45) is 17.8 Å². The Hall–Kier alpha value is -2.33. The molecule has 44 heavy (non-hydrogen) atoms. The number of hydrogen-bond acceptors (Lipinski definition) is 8. The molecule has 1 spiro atoms. The summed E-state index contributed by atoms with van der Waals surface area (Å²) in [5.41, 5.74) is 3.81. The van der Waals surface area contributed by atoms with Crippen LogP contribution in [0, 0.1) is 17.8 Å². The zero-order valence-electron chi connectivity index (χ0n) is 25.9. The van der Waals surface area contributed by atoms with Crippen LogP contribution in [0.1, 0.15) is 72.9 Å². The van der Waals surface area contributed by atoms with Gasteiger partial charge in [0, 0.05) is 30.6 Å². The molecule has 0 saturated heterocycles. The molecule has 0 amide bonds. The minimum absolute atomic E-state index is 0.0373. The summed E-state index contributed by atoms with van der Waals surface area (Å²) in [5, 5.41) is 0.757. The molecule has 2 aromatic carbocycles. The largest absolute Gasteiger partial charge is 0.490 e. The first kappa shape index (κ1) is 31.6. The average Bonchev–Trinajstić information content (AvgIpc) is 3.13. The van der Waals surface area contributed by atoms with Gasteiger partial charge in [-0.2, -0.15) is 8.42 Å². The van der Waals surface area contributed by atoms with Crippen LogP contribution in [0.4, 0.5) is 5.69 Å². The Morgan fingerprint density at radius 2 is 1.95 bits per heavy atom. The van der Waals surface area contributed by atoms with Gasteiger partial charge in [-0.3, -0.25) is 4.18 Å². The molecule has 2 fully saturated rings. The highest BCUT2D eigenvalue weighted by Crippen LogP contribution is 2.48. The van der Waals surface area contributed by atoms with Crippen LogP contribution in [0.15, 0.2) is 36.4 Å². The SMILES string of the molecule is COC(=O)c1ccc2c(c1)N(C[C@@H]1CC[C@H]1[C@H](OC)[C@H]1CCC[C@@H](OS(C)(=O)=O)C1)C[C@@]1(CCCc3cc(Cl)ccc31)CO2. The van der Waals surface area contributed by atoms with Crippen molar-refractivity contribution in [2.75, 3.05) is 45.1 Å². The molecule has 1 aliphatic heterocycles. The number of halogens is 1. The van der Waals surface area contributed by atoms with Crippen molar-refractivity contribution in [3.05, 3.63) is 58.1 Å². The van der Waals surface area contributed by atoms with Crippen molar-refractivity contribution in [1.82, 2.24) is 0 Å². The van der Waals surface area contributed by atoms with Crippen molar-refractivity contribution in [3.63, 3.8) is 0 Å². The molecule has 0 bridgehead atoms. The third-order valence-corrected chi connectivity index (χ3v) is 11.4. The number of nitrogens with zero attached hydrogens (tertiary/aromatic N) is 1. The number of methoxy groups -OCH3 is 2. The van der Waals surface area contributed by atoms with Crippen LogP contribution in [0.2, 0.25) is 5.02 Å². The Labute approximate surface area is 266 Å². The number of hydrogen-bond donors (Lipinski definition) is 0. The van der Waals surface area contributed by atoms with Crippen molar-refractivity contribution >= 4 is 33.4 Å². The first-order valence-electron chi connectivity index (χ1n) is 15.9. The van der Waals surface area contributed by atoms with Crippen LogP contribution in [-0.4, -0.2) is 66.8 Å². The molecule has 240 valence electrons. The van der Waals surface area contributed by atoms with Crippen LogP contribution >= 0.6 is 11.6 Å². The number of esters is 1. The number of rotatable bonds is 8. The second-order valence-corrected chi connectivity index (χ2v) is 15.4. The molecule has 3 aliphatic carbocycles. The maximum atomic E-state index is 12.6. The number of carbonyl (C=O) groups excluding carboxylic acids is 1. The summed E-state index contributed by atoms with van der Waals surface area (Å²) in [7, 11) is -0.308. The molecule has 10 heteroatoms. The van der Waals surface area contributed by atoms with E-state index >= 15 is 0 Å². The molecule has 8 nitrogen and oxygen atoms in total. The zero-order chi connectivity index (χ0) is 31.1. The van der Waals surface area contributed by atoms with Crippen LogP contribution < -0.4 is 9.64 Å². The summed E-state index contributed by atoms with van der Waals surface area (Å²) >= 11 is 6.42. The van der Waals surface area contributed by atoms with E-state index in [1.54, 1.807) is 13.2 Å². The van der Waals surface area contributed by atoms with Gasteiger partial charge in [-0.25, -0.2) is 4.79 Å². The highest BCUT2D eigenvalue weighted by Gasteiger charge is 2.46. The van der Waals surface area contributed by atoms with Gasteiger partial charge in [-0.05, 0) is 111 Å². The summed E-state index contributed by atoms with van der Waals surface area (Å²) in [4.78, 5) is 15.0. The Morgan fingerprint density at radius 1 is 1.11 bits per heavy atom. The fraction of sp³-hybridized carbons (Fsp3) is 0.618. The number of fused-ring (bicyclic) bond motifs is 3. The number of benzene rings is 2. The van der Waals surface area contributed by atoms with Crippen LogP contribution in [0.5, 0.6) is 5.75 Å². The number of aryl methyl sites for hydroxylation is 1. The standard InChI is InChI=1S/C34H44ClNO7S/c1-40-32(23-6-4-8-27(17-23)43-44(3,38)39)28-12-9-25(28)19-36-20-34(15-5-7-22-16-26(35)11-13-29(22)34)21-42-31-14-10-24(18-30(31)36)33(37)41-2/h10-11,13-14,16,18,23,25,27-28,32H,4-9,12,15,17,19-21H2,1-3H3/t23-,25-,27+,28+,32+,34-/m0/s1. The molecule has 2 aromatic rings. The average molecular weight is 646 g/mol. The molecule has 2 saturated carbocycles. The molecular weight excluding hydrogens is 602 g/mol. The molecule has 4 aliphatic rings. The zero-order valence-corrected chi connectivity index (χ0v) is 27.5. The lowest BCUT2D eigenvalue weighted by Crippen LogP contribution is -2.51. The molecular formula is C34H44ClNO7S. The first-order chi connectivity index (χ1) is 21.1. The van der Waals surface area contributed by atoms with Crippen LogP contribution in [-0.2, 0) is 35.6 Å². The summed E-state index contributed by atoms with van der Waals surface area (Å²) in [6, 6.07) is 11.9. The number of carbonyl (C=O) groups is 1. The quantitative estimate of drug-likeness (QED) is 0.249. The highest BCUT2D eigenvalue weighted by atomic mass is 35.5. The Morgan fingerprint density at radius 3 is 2.68 bits per heavy atom. The topological polar surface area (TPSA) is 91.4 Å². The normalized spacial score (nSPS) is 29.0. The van der Waals surface area contributed by atoms with Gasteiger partial charge < -0.3 is 19.1 Å². The Balaban J connectivity index is 1.29. The molecule has 0 unspecified atom stereocenters. The van der Waals surface area contributed by atoms with Gasteiger partial charge in [0.2, 0.25) is 0 Å². The number of anilines is 1. The molecule has 0 aromatic heterocycles. The van der Waals surface area contributed by atoms with E-state index in [0.29, 0.717) is 30.4 Å². The second kappa shape index (κ2) is 12.8. The third kappa shape index (κ3) is 6.48. The van der Waals surface area contributed by atoms with E-state index in [-0.39, 0.29) is 29.5 Å². The maximum Gasteiger partial charge on any atom is 0.337 e. The van der Waals surface area contributed by atoms with Crippen molar-refractivity contribution in [2.45, 2.75) is 75.4 Å². The van der Waals surface area contributed by atoms with E-state index in [2.05, 4.69) is 17.0 Å². The summed E-state index contributed by atoms with van der Waals surface area (Å²) in [6.07, 6.45) is 9.51. The molecule has 6 rings (SSSR count). The van der Waals surface area contributed by atoms with Gasteiger partial charge in [-0.15, -0.1) is 0 Å². The molecule has 0 N–H and O–H groups in total. The fourth-order valence-electron chi connectivity index (χ4n) is 8.43. The lowest BCUT2D eigenvalue weighted by atomic mass is 9.65.